The first kappa shape index (κ1) is 31.7. The minimum Gasteiger partial charge on any atom is -0.425 e. The summed E-state index contributed by atoms with van der Waals surface area (Å²) in [6, 6.07) is 7.98. The number of amides is 1. The molecule has 0 N–H and O–H groups in total. The van der Waals surface area contributed by atoms with E-state index in [1.54, 1.807) is 11.8 Å². The van der Waals surface area contributed by atoms with Crippen molar-refractivity contribution in [1.82, 2.24) is 4.90 Å². The second-order valence-corrected chi connectivity index (χ2v) is 10.7. The van der Waals surface area contributed by atoms with Crippen LogP contribution in [0.3, 0.4) is 0 Å². The lowest BCUT2D eigenvalue weighted by molar-refractivity contribution is -0.166. The monoisotopic (exact) mass is 525 g/mol. The summed E-state index contributed by atoms with van der Waals surface area (Å²) in [5.74, 6) is 2.23. The third-order valence-electron chi connectivity index (χ3n) is 7.52. The number of hydrogen-bond acceptors (Lipinski definition) is 4. The maximum atomic E-state index is 12.8. The van der Waals surface area contributed by atoms with Gasteiger partial charge in [-0.05, 0) is 30.4 Å². The number of terminal acetylenes is 1. The van der Waals surface area contributed by atoms with Crippen LogP contribution in [0.2, 0.25) is 0 Å². The largest absolute Gasteiger partial charge is 0.425 e. The van der Waals surface area contributed by atoms with Crippen LogP contribution in [0.4, 0.5) is 4.79 Å². The van der Waals surface area contributed by atoms with Crippen molar-refractivity contribution in [3.63, 3.8) is 0 Å². The van der Waals surface area contributed by atoms with Crippen molar-refractivity contribution >= 4 is 12.1 Å². The first-order valence-corrected chi connectivity index (χ1v) is 15.2. The Morgan fingerprint density at radius 3 is 2.03 bits per heavy atom. The molecule has 0 saturated heterocycles. The Morgan fingerprint density at radius 2 is 1.45 bits per heavy atom. The Labute approximate surface area is 232 Å². The van der Waals surface area contributed by atoms with E-state index < -0.39 is 12.4 Å². The molecule has 5 nitrogen and oxygen atoms in total. The Kier molecular flexibility index (Phi) is 16.3. The summed E-state index contributed by atoms with van der Waals surface area (Å²) in [6.07, 6.45) is 25.4. The molecule has 212 valence electrons. The number of esters is 1. The van der Waals surface area contributed by atoms with Crippen LogP contribution in [-0.4, -0.2) is 29.8 Å². The van der Waals surface area contributed by atoms with E-state index in [1.807, 2.05) is 18.2 Å². The number of rotatable bonds is 20. The zero-order chi connectivity index (χ0) is 27.4. The van der Waals surface area contributed by atoms with E-state index in [-0.39, 0.29) is 18.6 Å². The smallest absolute Gasteiger partial charge is 0.414 e. The maximum absolute atomic E-state index is 12.8. The van der Waals surface area contributed by atoms with E-state index in [2.05, 4.69) is 18.9 Å². The van der Waals surface area contributed by atoms with Crippen molar-refractivity contribution in [3.05, 3.63) is 35.4 Å². The summed E-state index contributed by atoms with van der Waals surface area (Å²) in [5.41, 5.74) is 2.34. The number of carbonyl (C=O) groups excluding carboxylic acids is 2. The molecule has 1 aromatic carbocycles. The molecule has 1 aromatic rings. The topological polar surface area (TPSA) is 55.8 Å². The number of carbonyl (C=O) groups is 2. The van der Waals surface area contributed by atoms with Gasteiger partial charge in [0.1, 0.15) is 0 Å². The van der Waals surface area contributed by atoms with Crippen LogP contribution < -0.4 is 0 Å². The molecule has 0 fully saturated rings. The highest BCUT2D eigenvalue weighted by Gasteiger charge is 2.32. The van der Waals surface area contributed by atoms with Crippen molar-refractivity contribution in [2.24, 2.45) is 0 Å². The molecular formula is C33H51NO4. The number of ether oxygens (including phenoxy) is 2. The lowest BCUT2D eigenvalue weighted by atomic mass is 10.0. The average Bonchev–Trinajstić information content (AvgIpc) is 3.33. The van der Waals surface area contributed by atoms with Crippen molar-refractivity contribution in [3.8, 4) is 12.3 Å². The highest BCUT2D eigenvalue weighted by molar-refractivity contribution is 5.71. The number of fused-ring (bicyclic) bond motifs is 1. The predicted molar refractivity (Wildman–Crippen MR) is 155 cm³/mol. The van der Waals surface area contributed by atoms with E-state index in [9.17, 15) is 9.59 Å². The second-order valence-electron chi connectivity index (χ2n) is 10.7. The van der Waals surface area contributed by atoms with E-state index in [4.69, 9.17) is 15.9 Å². The van der Waals surface area contributed by atoms with Gasteiger partial charge in [-0.25, -0.2) is 4.79 Å². The van der Waals surface area contributed by atoms with Crippen LogP contribution >= 0.6 is 0 Å². The van der Waals surface area contributed by atoms with Crippen LogP contribution in [0.1, 0.15) is 140 Å². The predicted octanol–water partition coefficient (Wildman–Crippen LogP) is 8.90. The Hall–Kier alpha value is -2.48. The summed E-state index contributed by atoms with van der Waals surface area (Å²) < 4.78 is 10.8. The van der Waals surface area contributed by atoms with Gasteiger partial charge in [0.15, 0.2) is 0 Å². The van der Waals surface area contributed by atoms with Crippen LogP contribution in [-0.2, 0) is 20.7 Å². The molecule has 0 saturated carbocycles. The quantitative estimate of drug-likeness (QED) is 0.0738. The van der Waals surface area contributed by atoms with Gasteiger partial charge in [-0.3, -0.25) is 9.69 Å². The number of benzene rings is 1. The highest BCUT2D eigenvalue weighted by Crippen LogP contribution is 2.35. The first-order valence-electron chi connectivity index (χ1n) is 15.2. The van der Waals surface area contributed by atoms with E-state index >= 15 is 0 Å². The number of unbranched alkanes of at least 4 members (excludes halogenated alkanes) is 14. The SMILES string of the molecule is C#CCN(C(=O)OC(C)OC(=O)CCCCCCCCCCCCCCCCC)[C@@H]1CCc2ccccc21. The van der Waals surface area contributed by atoms with Crippen LogP contribution in [0.15, 0.2) is 24.3 Å². The lowest BCUT2D eigenvalue weighted by Gasteiger charge is -2.28. The summed E-state index contributed by atoms with van der Waals surface area (Å²) in [6.45, 7) is 4.00. The van der Waals surface area contributed by atoms with E-state index in [0.29, 0.717) is 6.42 Å². The molecule has 0 aliphatic heterocycles. The fraction of sp³-hybridized carbons (Fsp3) is 0.697. The Morgan fingerprint density at radius 1 is 0.895 bits per heavy atom. The van der Waals surface area contributed by atoms with Crippen LogP contribution in [0.25, 0.3) is 0 Å². The van der Waals surface area contributed by atoms with Gasteiger partial charge >= 0.3 is 12.1 Å². The molecule has 2 rings (SSSR count). The minimum absolute atomic E-state index is 0.113. The van der Waals surface area contributed by atoms with Gasteiger partial charge in [-0.15, -0.1) is 6.42 Å². The molecule has 2 atom stereocenters. The van der Waals surface area contributed by atoms with Gasteiger partial charge in [0.2, 0.25) is 6.29 Å². The zero-order valence-corrected chi connectivity index (χ0v) is 24.1. The summed E-state index contributed by atoms with van der Waals surface area (Å²) in [5, 5.41) is 0. The van der Waals surface area contributed by atoms with Gasteiger partial charge in [0, 0.05) is 13.3 Å². The second kappa shape index (κ2) is 19.6. The molecule has 1 unspecified atom stereocenters. The summed E-state index contributed by atoms with van der Waals surface area (Å²) in [4.78, 5) is 26.6. The fourth-order valence-corrected chi connectivity index (χ4v) is 5.38. The Balaban J connectivity index is 1.51. The molecular weight excluding hydrogens is 474 g/mol. The fourth-order valence-electron chi connectivity index (χ4n) is 5.38. The van der Waals surface area contributed by atoms with Crippen molar-refractivity contribution in [2.45, 2.75) is 142 Å². The first-order chi connectivity index (χ1) is 18.6. The van der Waals surface area contributed by atoms with E-state index in [1.165, 1.54) is 82.6 Å². The Bertz CT molecular complexity index is 846. The summed E-state index contributed by atoms with van der Waals surface area (Å²) in [7, 11) is 0. The van der Waals surface area contributed by atoms with Crippen molar-refractivity contribution in [1.29, 1.82) is 0 Å². The van der Waals surface area contributed by atoms with Gasteiger partial charge in [-0.2, -0.15) is 0 Å². The lowest BCUT2D eigenvalue weighted by Crippen LogP contribution is -2.37. The molecule has 38 heavy (non-hydrogen) atoms. The van der Waals surface area contributed by atoms with E-state index in [0.717, 1.165) is 37.7 Å². The highest BCUT2D eigenvalue weighted by atomic mass is 16.7. The molecule has 1 aliphatic rings. The van der Waals surface area contributed by atoms with Gasteiger partial charge in [-0.1, -0.05) is 127 Å². The van der Waals surface area contributed by atoms with Gasteiger partial charge < -0.3 is 9.47 Å². The number of hydrogen-bond donors (Lipinski definition) is 0. The molecule has 0 radical (unpaired) electrons. The molecule has 5 heteroatoms. The third-order valence-corrected chi connectivity index (χ3v) is 7.52. The minimum atomic E-state index is -0.941. The molecule has 0 aromatic heterocycles. The van der Waals surface area contributed by atoms with Gasteiger partial charge in [0.25, 0.3) is 0 Å². The van der Waals surface area contributed by atoms with Crippen LogP contribution in [0, 0.1) is 12.3 Å². The average molecular weight is 526 g/mol. The van der Waals surface area contributed by atoms with Crippen molar-refractivity contribution in [2.75, 3.05) is 6.54 Å². The molecule has 0 spiro atoms. The molecule has 1 aliphatic carbocycles. The van der Waals surface area contributed by atoms with Crippen molar-refractivity contribution < 1.29 is 19.1 Å². The molecule has 0 heterocycles. The molecule has 1 amide bonds. The summed E-state index contributed by atoms with van der Waals surface area (Å²) >= 11 is 0. The molecule has 0 bridgehead atoms. The normalized spacial score (nSPS) is 14.9. The van der Waals surface area contributed by atoms with Gasteiger partial charge in [0.05, 0.1) is 12.6 Å². The van der Waals surface area contributed by atoms with Crippen LogP contribution in [0.5, 0.6) is 0 Å². The standard InChI is InChI=1S/C33H51NO4/c1-4-6-7-8-9-10-11-12-13-14-15-16-17-18-19-24-32(35)37-28(3)38-33(36)34(27-5-2)31-26-25-29-22-20-21-23-30(29)31/h2,20-23,28,31H,4,6-19,24-27H2,1,3H3/t28?,31-/m1/s1. The number of nitrogens with zero attached hydrogens (tertiary/aromatic N) is 1. The third kappa shape index (κ3) is 12.4. The zero-order valence-electron chi connectivity index (χ0n) is 24.1. The maximum Gasteiger partial charge on any atom is 0.414 e. The number of aryl methyl sites for hydroxylation is 1.